The standard InChI is InChI=1S/C26H28FN5OS/c27-19-10-3-4-11-20(19)29-23(33)14-17-32-25(22-13-7-16-31(22)18-8-1-2-9-18)24(30-26(32)34)21-12-5-6-15-28-21/h3-7,10-13,15-16,18,24-25H,1-2,8-9,14,17H2,(H,29,33)(H,30,34). The molecule has 6 nitrogen and oxygen atoms in total. The van der Waals surface area contributed by atoms with E-state index in [0.29, 0.717) is 17.7 Å². The molecule has 1 aliphatic heterocycles. The molecule has 2 fully saturated rings. The highest BCUT2D eigenvalue weighted by Gasteiger charge is 2.41. The van der Waals surface area contributed by atoms with Gasteiger partial charge in [0.15, 0.2) is 5.11 Å². The summed E-state index contributed by atoms with van der Waals surface area (Å²) in [6.07, 6.45) is 8.96. The fourth-order valence-corrected chi connectivity index (χ4v) is 5.47. The van der Waals surface area contributed by atoms with Crippen LogP contribution in [-0.2, 0) is 4.79 Å². The number of amides is 1. The van der Waals surface area contributed by atoms with Crippen LogP contribution in [-0.4, -0.2) is 32.0 Å². The van der Waals surface area contributed by atoms with Crippen molar-refractivity contribution in [3.8, 4) is 0 Å². The van der Waals surface area contributed by atoms with Gasteiger partial charge in [0.25, 0.3) is 0 Å². The Balaban J connectivity index is 1.40. The first-order valence-electron chi connectivity index (χ1n) is 11.8. The van der Waals surface area contributed by atoms with Crippen molar-refractivity contribution in [2.24, 2.45) is 0 Å². The molecular formula is C26H28FN5OS. The molecular weight excluding hydrogens is 449 g/mol. The first-order valence-corrected chi connectivity index (χ1v) is 12.2. The highest BCUT2D eigenvalue weighted by Crippen LogP contribution is 2.41. The third-order valence-electron chi connectivity index (χ3n) is 6.76. The minimum absolute atomic E-state index is 0.0979. The average molecular weight is 478 g/mol. The molecule has 8 heteroatoms. The lowest BCUT2D eigenvalue weighted by Gasteiger charge is -2.30. The summed E-state index contributed by atoms with van der Waals surface area (Å²) in [6, 6.07) is 16.6. The molecule has 2 unspecified atom stereocenters. The highest BCUT2D eigenvalue weighted by atomic mass is 32.1. The summed E-state index contributed by atoms with van der Waals surface area (Å²) in [5.74, 6) is -0.698. The Morgan fingerprint density at radius 3 is 2.68 bits per heavy atom. The van der Waals surface area contributed by atoms with E-state index >= 15 is 0 Å². The number of thiocarbonyl (C=S) groups is 1. The Hall–Kier alpha value is -3.26. The zero-order valence-corrected chi connectivity index (χ0v) is 19.7. The van der Waals surface area contributed by atoms with Crippen molar-refractivity contribution in [1.82, 2.24) is 19.8 Å². The molecule has 1 aliphatic carbocycles. The number of benzene rings is 1. The zero-order valence-electron chi connectivity index (χ0n) is 18.9. The number of para-hydroxylation sites is 1. The van der Waals surface area contributed by atoms with Crippen LogP contribution in [0, 0.1) is 5.82 Å². The van der Waals surface area contributed by atoms with E-state index in [2.05, 4.69) is 43.4 Å². The van der Waals surface area contributed by atoms with Gasteiger partial charge in [0, 0.05) is 37.1 Å². The number of nitrogens with zero attached hydrogens (tertiary/aromatic N) is 3. The van der Waals surface area contributed by atoms with Gasteiger partial charge in [0.2, 0.25) is 5.91 Å². The molecule has 2 aromatic heterocycles. The molecule has 1 saturated carbocycles. The van der Waals surface area contributed by atoms with Crippen LogP contribution in [0.4, 0.5) is 10.1 Å². The summed E-state index contributed by atoms with van der Waals surface area (Å²) in [5, 5.41) is 6.72. The van der Waals surface area contributed by atoms with Gasteiger partial charge in [-0.3, -0.25) is 9.78 Å². The van der Waals surface area contributed by atoms with Crippen molar-refractivity contribution < 1.29 is 9.18 Å². The molecule has 34 heavy (non-hydrogen) atoms. The summed E-state index contributed by atoms with van der Waals surface area (Å²) < 4.78 is 16.4. The first-order chi connectivity index (χ1) is 16.6. The SMILES string of the molecule is O=C(CCN1C(=S)NC(c2ccccn2)C1c1cccn1C1CCCC1)Nc1ccccc1F. The molecule has 3 heterocycles. The number of nitrogens with one attached hydrogen (secondary N) is 2. The van der Waals surface area contributed by atoms with Gasteiger partial charge in [-0.05, 0) is 61.5 Å². The average Bonchev–Trinajstić information content (AvgIpc) is 3.59. The van der Waals surface area contributed by atoms with Crippen LogP contribution >= 0.6 is 12.2 Å². The number of pyridine rings is 1. The Bertz CT molecular complexity index is 1160. The van der Waals surface area contributed by atoms with Gasteiger partial charge >= 0.3 is 0 Å². The third-order valence-corrected chi connectivity index (χ3v) is 7.11. The smallest absolute Gasteiger partial charge is 0.226 e. The molecule has 5 rings (SSSR count). The minimum atomic E-state index is -0.448. The lowest BCUT2D eigenvalue weighted by Crippen LogP contribution is -2.33. The Kier molecular flexibility index (Phi) is 6.58. The largest absolute Gasteiger partial charge is 0.352 e. The van der Waals surface area contributed by atoms with Crippen molar-refractivity contribution in [2.45, 2.75) is 50.2 Å². The molecule has 176 valence electrons. The molecule has 2 aliphatic rings. The second kappa shape index (κ2) is 9.93. The van der Waals surface area contributed by atoms with Crippen LogP contribution in [0.5, 0.6) is 0 Å². The second-order valence-corrected chi connectivity index (χ2v) is 9.26. The Morgan fingerprint density at radius 2 is 1.91 bits per heavy atom. The van der Waals surface area contributed by atoms with Gasteiger partial charge in [-0.25, -0.2) is 4.39 Å². The van der Waals surface area contributed by atoms with E-state index in [9.17, 15) is 9.18 Å². The highest BCUT2D eigenvalue weighted by molar-refractivity contribution is 7.80. The van der Waals surface area contributed by atoms with Crippen LogP contribution in [0.25, 0.3) is 0 Å². The molecule has 3 aromatic rings. The van der Waals surface area contributed by atoms with Gasteiger partial charge in [-0.2, -0.15) is 0 Å². The van der Waals surface area contributed by atoms with E-state index in [1.807, 2.05) is 18.2 Å². The monoisotopic (exact) mass is 477 g/mol. The summed E-state index contributed by atoms with van der Waals surface area (Å²) >= 11 is 5.74. The molecule has 1 saturated heterocycles. The molecule has 0 radical (unpaired) electrons. The number of hydrogen-bond acceptors (Lipinski definition) is 3. The van der Waals surface area contributed by atoms with Crippen molar-refractivity contribution in [2.75, 3.05) is 11.9 Å². The number of carbonyl (C=O) groups is 1. The number of hydrogen-bond donors (Lipinski definition) is 2. The topological polar surface area (TPSA) is 62.2 Å². The predicted molar refractivity (Wildman–Crippen MR) is 134 cm³/mol. The fraction of sp³-hybridized carbons (Fsp3) is 0.346. The van der Waals surface area contributed by atoms with E-state index in [4.69, 9.17) is 12.2 Å². The van der Waals surface area contributed by atoms with Crippen LogP contribution < -0.4 is 10.6 Å². The first kappa shape index (κ1) is 22.5. The molecule has 2 N–H and O–H groups in total. The normalized spacial score (nSPS) is 20.5. The molecule has 0 bridgehead atoms. The number of carbonyl (C=O) groups excluding carboxylic acids is 1. The molecule has 1 amide bonds. The predicted octanol–water partition coefficient (Wildman–Crippen LogP) is 5.14. The maximum atomic E-state index is 14.0. The van der Waals surface area contributed by atoms with Gasteiger partial charge in [-0.1, -0.05) is 31.0 Å². The summed E-state index contributed by atoms with van der Waals surface area (Å²) in [7, 11) is 0. The quantitative estimate of drug-likeness (QED) is 0.462. The van der Waals surface area contributed by atoms with E-state index < -0.39 is 5.82 Å². The van der Waals surface area contributed by atoms with E-state index in [0.717, 1.165) is 5.69 Å². The van der Waals surface area contributed by atoms with Crippen molar-refractivity contribution in [1.29, 1.82) is 0 Å². The van der Waals surface area contributed by atoms with Gasteiger partial charge in [0.1, 0.15) is 5.82 Å². The maximum absolute atomic E-state index is 14.0. The maximum Gasteiger partial charge on any atom is 0.226 e. The summed E-state index contributed by atoms with van der Waals surface area (Å²) in [6.45, 7) is 0.413. The number of rotatable bonds is 7. The minimum Gasteiger partial charge on any atom is -0.352 e. The van der Waals surface area contributed by atoms with E-state index in [-0.39, 0.29) is 30.1 Å². The third kappa shape index (κ3) is 4.55. The van der Waals surface area contributed by atoms with Crippen LogP contribution in [0.15, 0.2) is 67.0 Å². The zero-order chi connectivity index (χ0) is 23.5. The van der Waals surface area contributed by atoms with Crippen molar-refractivity contribution in [3.05, 3.63) is 84.2 Å². The number of halogens is 1. The van der Waals surface area contributed by atoms with Gasteiger partial charge < -0.3 is 20.1 Å². The lowest BCUT2D eigenvalue weighted by atomic mass is 10.0. The summed E-state index contributed by atoms with van der Waals surface area (Å²) in [5.41, 5.74) is 2.27. The molecule has 2 atom stereocenters. The van der Waals surface area contributed by atoms with Crippen LogP contribution in [0.3, 0.4) is 0 Å². The van der Waals surface area contributed by atoms with Crippen LogP contribution in [0.2, 0.25) is 0 Å². The number of aromatic nitrogens is 2. The number of anilines is 1. The van der Waals surface area contributed by atoms with Crippen molar-refractivity contribution in [3.63, 3.8) is 0 Å². The Morgan fingerprint density at radius 1 is 1.12 bits per heavy atom. The lowest BCUT2D eigenvalue weighted by molar-refractivity contribution is -0.116. The fourth-order valence-electron chi connectivity index (χ4n) is 5.14. The second-order valence-electron chi connectivity index (χ2n) is 8.88. The van der Waals surface area contributed by atoms with Gasteiger partial charge in [-0.15, -0.1) is 0 Å². The summed E-state index contributed by atoms with van der Waals surface area (Å²) in [4.78, 5) is 19.3. The molecule has 0 spiro atoms. The van der Waals surface area contributed by atoms with E-state index in [1.54, 1.807) is 24.4 Å². The molecule has 1 aromatic carbocycles. The van der Waals surface area contributed by atoms with Gasteiger partial charge in [0.05, 0.1) is 23.5 Å². The van der Waals surface area contributed by atoms with Crippen LogP contribution in [0.1, 0.15) is 61.6 Å². The van der Waals surface area contributed by atoms with E-state index in [1.165, 1.54) is 37.4 Å². The van der Waals surface area contributed by atoms with Crippen molar-refractivity contribution >= 4 is 28.9 Å². The Labute approximate surface area is 204 Å².